The number of benzene rings is 6. The molecule has 0 bridgehead atoms. The fourth-order valence-electron chi connectivity index (χ4n) is 5.68. The van der Waals surface area contributed by atoms with Gasteiger partial charge in [0, 0.05) is 5.39 Å². The number of fused-ring (bicyclic) bond motifs is 4. The SMILES string of the molecule is CC.CC.CC.CNC(N)c1ccccc1.c1ccc(-n2[nH]c3ccc4ccc(C5NC5c5ccc6ccccc6c5)cc4c32)cc1. The van der Waals surface area contributed by atoms with Gasteiger partial charge in [-0.15, -0.1) is 0 Å². The molecule has 5 nitrogen and oxygen atoms in total. The third-order valence-corrected chi connectivity index (χ3v) is 8.03. The number of nitrogens with two attached hydrogens (primary N) is 1. The quantitative estimate of drug-likeness (QED) is 0.113. The molecule has 8 rings (SSSR count). The van der Waals surface area contributed by atoms with Crippen molar-refractivity contribution in [3.05, 3.63) is 150 Å². The third kappa shape index (κ3) is 8.01. The number of hydrogen-bond acceptors (Lipinski definition) is 3. The molecule has 0 saturated carbocycles. The number of H-pyrrole nitrogens is 1. The van der Waals surface area contributed by atoms with E-state index >= 15 is 0 Å². The van der Waals surface area contributed by atoms with Crippen molar-refractivity contribution < 1.29 is 0 Å². The van der Waals surface area contributed by atoms with Crippen molar-refractivity contribution in [1.29, 1.82) is 0 Å². The van der Waals surface area contributed by atoms with Gasteiger partial charge in [0.05, 0.1) is 35.0 Å². The van der Waals surface area contributed by atoms with Crippen LogP contribution in [0.4, 0.5) is 0 Å². The summed E-state index contributed by atoms with van der Waals surface area (Å²) in [5, 5.41) is 15.3. The summed E-state index contributed by atoms with van der Waals surface area (Å²) in [5.74, 6) is 0. The zero-order valence-electron chi connectivity index (χ0n) is 29.0. The number of nitrogens with one attached hydrogen (secondary N) is 3. The molecular weight excluding hydrogens is 574 g/mol. The molecule has 5 heteroatoms. The Bertz CT molecular complexity index is 1940. The third-order valence-electron chi connectivity index (χ3n) is 8.03. The second kappa shape index (κ2) is 17.3. The standard InChI is InChI=1S/C28H21N3.C8H12N2.3C2H6/c1-2-8-23(9-3-1)31-28-24-17-22(13-11-19(24)14-15-25(28)30-31)27-26(29-27)21-12-10-18-6-4-5-7-20(18)16-21;1-10-8(9)7-5-3-2-4-6-7;3*1-2/h1-17,26-27,29-30H;2-6,8,10H,9H2,1H3;3*1-2H3. The lowest BCUT2D eigenvalue weighted by Gasteiger charge is -2.19. The van der Waals surface area contributed by atoms with Gasteiger partial charge in [-0.05, 0) is 70.2 Å². The van der Waals surface area contributed by atoms with E-state index in [0.717, 1.165) is 11.3 Å². The Labute approximate surface area is 280 Å². The molecule has 3 atom stereocenters. The summed E-state index contributed by atoms with van der Waals surface area (Å²) in [7, 11) is 1.84. The van der Waals surface area contributed by atoms with Gasteiger partial charge in [-0.2, -0.15) is 0 Å². The van der Waals surface area contributed by atoms with Crippen LogP contribution >= 0.6 is 0 Å². The smallest absolute Gasteiger partial charge is 0.0958 e. The van der Waals surface area contributed by atoms with Crippen LogP contribution in [0.5, 0.6) is 0 Å². The fourth-order valence-corrected chi connectivity index (χ4v) is 5.68. The van der Waals surface area contributed by atoms with Crippen molar-refractivity contribution in [2.45, 2.75) is 59.8 Å². The summed E-state index contributed by atoms with van der Waals surface area (Å²) in [4.78, 5) is 0. The molecule has 1 fully saturated rings. The number of aromatic amines is 1. The summed E-state index contributed by atoms with van der Waals surface area (Å²) < 4.78 is 2.18. The minimum absolute atomic E-state index is 0.0406. The molecule has 0 aliphatic carbocycles. The lowest BCUT2D eigenvalue weighted by Crippen LogP contribution is -2.24. The molecule has 1 aliphatic heterocycles. The zero-order valence-corrected chi connectivity index (χ0v) is 29.0. The predicted octanol–water partition coefficient (Wildman–Crippen LogP) is 10.6. The van der Waals surface area contributed by atoms with Gasteiger partial charge in [-0.1, -0.05) is 145 Å². The van der Waals surface area contributed by atoms with E-state index in [9.17, 15) is 0 Å². The van der Waals surface area contributed by atoms with Gasteiger partial charge < -0.3 is 11.1 Å². The van der Waals surface area contributed by atoms with Crippen LogP contribution in [0.2, 0.25) is 0 Å². The van der Waals surface area contributed by atoms with Gasteiger partial charge in [-0.25, -0.2) is 0 Å². The Morgan fingerprint density at radius 2 is 1.13 bits per heavy atom. The average Bonchev–Trinajstić information content (AvgIpc) is 3.96. The first kappa shape index (κ1) is 35.2. The Morgan fingerprint density at radius 3 is 1.77 bits per heavy atom. The molecule has 47 heavy (non-hydrogen) atoms. The Morgan fingerprint density at radius 1 is 0.596 bits per heavy atom. The topological polar surface area (TPSA) is 80.7 Å². The van der Waals surface area contributed by atoms with Crippen molar-refractivity contribution in [2.24, 2.45) is 5.73 Å². The average molecular weight is 626 g/mol. The molecule has 0 radical (unpaired) electrons. The first-order valence-corrected chi connectivity index (χ1v) is 17.1. The molecule has 6 aromatic carbocycles. The van der Waals surface area contributed by atoms with E-state index < -0.39 is 0 Å². The maximum absolute atomic E-state index is 5.68. The van der Waals surface area contributed by atoms with E-state index in [4.69, 9.17) is 5.73 Å². The zero-order chi connectivity index (χ0) is 33.8. The second-order valence-corrected chi connectivity index (χ2v) is 10.6. The Hall–Kier alpha value is -4.68. The highest BCUT2D eigenvalue weighted by molar-refractivity contribution is 6.06. The molecule has 244 valence electrons. The van der Waals surface area contributed by atoms with E-state index in [0.29, 0.717) is 12.1 Å². The van der Waals surface area contributed by atoms with E-state index in [1.807, 2.05) is 78.9 Å². The van der Waals surface area contributed by atoms with Gasteiger partial charge in [0.2, 0.25) is 0 Å². The lowest BCUT2D eigenvalue weighted by atomic mass is 9.98. The lowest BCUT2D eigenvalue weighted by molar-refractivity contribution is 0.622. The van der Waals surface area contributed by atoms with Gasteiger partial charge in [-0.3, -0.25) is 15.1 Å². The molecule has 3 unspecified atom stereocenters. The molecule has 0 amide bonds. The van der Waals surface area contributed by atoms with E-state index in [1.165, 1.54) is 43.7 Å². The first-order valence-electron chi connectivity index (χ1n) is 17.1. The van der Waals surface area contributed by atoms with Crippen LogP contribution < -0.4 is 16.4 Å². The second-order valence-electron chi connectivity index (χ2n) is 10.6. The van der Waals surface area contributed by atoms with Crippen LogP contribution in [0, 0.1) is 0 Å². The van der Waals surface area contributed by atoms with Crippen molar-refractivity contribution in [1.82, 2.24) is 20.4 Å². The van der Waals surface area contributed by atoms with E-state index in [1.54, 1.807) is 0 Å². The monoisotopic (exact) mass is 625 g/mol. The molecule has 0 spiro atoms. The molecule has 2 heterocycles. The van der Waals surface area contributed by atoms with Gasteiger partial charge in [0.1, 0.15) is 0 Å². The van der Waals surface area contributed by atoms with E-state index in [-0.39, 0.29) is 6.17 Å². The van der Waals surface area contributed by atoms with Crippen LogP contribution in [-0.2, 0) is 0 Å². The highest BCUT2D eigenvalue weighted by Crippen LogP contribution is 2.44. The summed E-state index contributed by atoms with van der Waals surface area (Å²) in [6, 6.07) is 47.8. The van der Waals surface area contributed by atoms with E-state index in [2.05, 4.69) is 124 Å². The maximum Gasteiger partial charge on any atom is 0.0958 e. The minimum Gasteiger partial charge on any atom is -0.312 e. The summed E-state index contributed by atoms with van der Waals surface area (Å²) in [6.45, 7) is 12.0. The minimum atomic E-state index is -0.0406. The van der Waals surface area contributed by atoms with Crippen molar-refractivity contribution >= 4 is 32.6 Å². The number of hydrogen-bond donors (Lipinski definition) is 4. The van der Waals surface area contributed by atoms with Gasteiger partial charge >= 0.3 is 0 Å². The number of rotatable bonds is 5. The largest absolute Gasteiger partial charge is 0.312 e. The summed E-state index contributed by atoms with van der Waals surface area (Å²) in [5.41, 5.74) is 13.1. The van der Waals surface area contributed by atoms with Crippen LogP contribution in [-0.4, -0.2) is 16.8 Å². The Balaban J connectivity index is 0.000000265. The fraction of sp³-hybridized carbons (Fsp3) is 0.238. The Kier molecular flexibility index (Phi) is 12.9. The van der Waals surface area contributed by atoms with Crippen molar-refractivity contribution in [3.8, 4) is 5.69 Å². The van der Waals surface area contributed by atoms with Crippen LogP contribution in [0.3, 0.4) is 0 Å². The summed E-state index contributed by atoms with van der Waals surface area (Å²) in [6.07, 6.45) is -0.0406. The normalized spacial score (nSPS) is 15.1. The molecule has 7 aromatic rings. The summed E-state index contributed by atoms with van der Waals surface area (Å²) >= 11 is 0. The molecule has 1 aromatic heterocycles. The van der Waals surface area contributed by atoms with Crippen LogP contribution in [0.15, 0.2) is 133 Å². The molecule has 1 saturated heterocycles. The highest BCUT2D eigenvalue weighted by atomic mass is 15.3. The number of nitrogens with zero attached hydrogens (tertiary/aromatic N) is 1. The number of para-hydroxylation sites is 1. The van der Waals surface area contributed by atoms with Gasteiger partial charge in [0.15, 0.2) is 0 Å². The highest BCUT2D eigenvalue weighted by Gasteiger charge is 2.38. The van der Waals surface area contributed by atoms with Crippen LogP contribution in [0.1, 0.15) is 76.5 Å². The van der Waals surface area contributed by atoms with Crippen molar-refractivity contribution in [2.75, 3.05) is 7.05 Å². The van der Waals surface area contributed by atoms with Crippen LogP contribution in [0.25, 0.3) is 38.3 Å². The molecule has 5 N–H and O–H groups in total. The number of aromatic nitrogens is 2. The maximum atomic E-state index is 5.68. The molecule has 1 aliphatic rings. The van der Waals surface area contributed by atoms with Gasteiger partial charge in [0.25, 0.3) is 0 Å². The molecular formula is C42H51N5. The van der Waals surface area contributed by atoms with Crippen molar-refractivity contribution in [3.63, 3.8) is 0 Å². The first-order chi connectivity index (χ1) is 23.2. The predicted molar refractivity (Wildman–Crippen MR) is 204 cm³/mol.